The lowest BCUT2D eigenvalue weighted by Crippen LogP contribution is -2.51. The first kappa shape index (κ1) is 14.9. The Hall–Kier alpha value is -1.45. The van der Waals surface area contributed by atoms with Crippen molar-refractivity contribution in [3.05, 3.63) is 18.0 Å². The maximum atomic E-state index is 12.5. The second kappa shape index (κ2) is 5.51. The van der Waals surface area contributed by atoms with Gasteiger partial charge in [0.1, 0.15) is 6.54 Å². The van der Waals surface area contributed by atoms with Gasteiger partial charge in [-0.2, -0.15) is 22.1 Å². The first-order chi connectivity index (χ1) is 9.36. The number of rotatable bonds is 4. The second-order valence-electron chi connectivity index (χ2n) is 4.74. The first-order valence-corrected chi connectivity index (χ1v) is 7.56. The van der Waals surface area contributed by atoms with Gasteiger partial charge in [-0.25, -0.2) is 0 Å². The average Bonchev–Trinajstić information content (AvgIpc) is 2.84. The summed E-state index contributed by atoms with van der Waals surface area (Å²) in [5, 5.41) is 4.14. The number of likely N-dealkylation sites (N-methyl/N-ethyl adjacent to an activating group) is 1. The van der Waals surface area contributed by atoms with E-state index in [1.807, 2.05) is 6.92 Å². The molecular weight excluding hydrogens is 284 g/mol. The van der Waals surface area contributed by atoms with Crippen LogP contribution in [0.2, 0.25) is 0 Å². The molecule has 0 N–H and O–H groups in total. The van der Waals surface area contributed by atoms with Crippen molar-refractivity contribution < 1.29 is 17.9 Å². The van der Waals surface area contributed by atoms with Gasteiger partial charge in [0.2, 0.25) is 0 Å². The molecule has 0 saturated carbocycles. The van der Waals surface area contributed by atoms with Crippen LogP contribution >= 0.6 is 0 Å². The van der Waals surface area contributed by atoms with Crippen molar-refractivity contribution >= 4 is 16.2 Å². The second-order valence-corrected chi connectivity index (χ2v) is 6.73. The van der Waals surface area contributed by atoms with Crippen LogP contribution < -0.4 is 0 Å². The van der Waals surface area contributed by atoms with E-state index in [9.17, 15) is 13.2 Å². The van der Waals surface area contributed by atoms with Crippen LogP contribution in [-0.2, 0) is 32.8 Å². The van der Waals surface area contributed by atoms with E-state index in [1.165, 1.54) is 18.5 Å². The number of hydrogen-bond donors (Lipinski definition) is 0. The van der Waals surface area contributed by atoms with E-state index in [1.54, 1.807) is 16.9 Å². The Morgan fingerprint density at radius 3 is 2.95 bits per heavy atom. The van der Waals surface area contributed by atoms with E-state index in [0.29, 0.717) is 6.54 Å². The number of ether oxygens (including phenoxy) is 1. The minimum absolute atomic E-state index is 0.229. The molecule has 0 amide bonds. The third-order valence-electron chi connectivity index (χ3n) is 3.32. The molecule has 1 aliphatic heterocycles. The van der Waals surface area contributed by atoms with Crippen molar-refractivity contribution in [3.8, 4) is 0 Å². The van der Waals surface area contributed by atoms with Crippen molar-refractivity contribution in [1.82, 2.24) is 18.4 Å². The molecule has 0 spiro atoms. The van der Waals surface area contributed by atoms with Gasteiger partial charge in [0.25, 0.3) is 10.2 Å². The molecule has 0 aliphatic carbocycles. The lowest BCUT2D eigenvalue weighted by atomic mass is 10.2. The summed E-state index contributed by atoms with van der Waals surface area (Å²) in [7, 11) is -1.12. The molecule has 20 heavy (non-hydrogen) atoms. The number of esters is 1. The third-order valence-corrected chi connectivity index (χ3v) is 5.32. The van der Waals surface area contributed by atoms with Gasteiger partial charge in [-0.1, -0.05) is 0 Å². The maximum absolute atomic E-state index is 12.5. The predicted molar refractivity (Wildman–Crippen MR) is 70.8 cm³/mol. The molecule has 0 aromatic carbocycles. The standard InChI is InChI=1S/C11H18N4O4S/c1-9-6-14-10(4-5-12-14)7-15(9)20(17,18)13(2)8-11(16)19-3/h4-5,9H,6-8H2,1-3H3. The van der Waals surface area contributed by atoms with E-state index in [2.05, 4.69) is 9.84 Å². The monoisotopic (exact) mass is 302 g/mol. The topological polar surface area (TPSA) is 84.7 Å². The first-order valence-electron chi connectivity index (χ1n) is 6.17. The molecule has 1 atom stereocenters. The number of carbonyl (C=O) groups is 1. The Bertz CT molecular complexity index is 597. The quantitative estimate of drug-likeness (QED) is 0.696. The fourth-order valence-corrected chi connectivity index (χ4v) is 3.58. The number of methoxy groups -OCH3 is 1. The lowest BCUT2D eigenvalue weighted by Gasteiger charge is -2.35. The van der Waals surface area contributed by atoms with E-state index >= 15 is 0 Å². The highest BCUT2D eigenvalue weighted by atomic mass is 32.2. The summed E-state index contributed by atoms with van der Waals surface area (Å²) < 4.78 is 33.6. The van der Waals surface area contributed by atoms with Gasteiger partial charge in [-0.15, -0.1) is 0 Å². The zero-order valence-corrected chi connectivity index (χ0v) is 12.5. The number of nitrogens with zero attached hydrogens (tertiary/aromatic N) is 4. The molecular formula is C11H18N4O4S. The number of carbonyl (C=O) groups excluding carboxylic acids is 1. The smallest absolute Gasteiger partial charge is 0.321 e. The fourth-order valence-electron chi connectivity index (χ4n) is 2.13. The van der Waals surface area contributed by atoms with Gasteiger partial charge in [0.05, 0.1) is 25.9 Å². The largest absolute Gasteiger partial charge is 0.468 e. The van der Waals surface area contributed by atoms with Crippen LogP contribution in [0.3, 0.4) is 0 Å². The number of aromatic nitrogens is 2. The Balaban J connectivity index is 2.19. The Morgan fingerprint density at radius 2 is 2.30 bits per heavy atom. The Labute approximate surface area is 118 Å². The molecule has 2 rings (SSSR count). The zero-order chi connectivity index (χ0) is 14.9. The van der Waals surface area contributed by atoms with Crippen molar-refractivity contribution in [3.63, 3.8) is 0 Å². The summed E-state index contributed by atoms with van der Waals surface area (Å²) in [5.41, 5.74) is 0.832. The molecule has 0 fully saturated rings. The third kappa shape index (κ3) is 2.69. The highest BCUT2D eigenvalue weighted by Gasteiger charge is 2.35. The van der Waals surface area contributed by atoms with Gasteiger partial charge in [0.15, 0.2) is 0 Å². The lowest BCUT2D eigenvalue weighted by molar-refractivity contribution is -0.140. The SMILES string of the molecule is COC(=O)CN(C)S(=O)(=O)N1Cc2ccnn2CC1C. The Morgan fingerprint density at radius 1 is 1.60 bits per heavy atom. The van der Waals surface area contributed by atoms with Gasteiger partial charge in [-0.05, 0) is 13.0 Å². The molecule has 9 heteroatoms. The van der Waals surface area contributed by atoms with E-state index in [4.69, 9.17) is 0 Å². The molecule has 0 bridgehead atoms. The minimum Gasteiger partial charge on any atom is -0.468 e. The average molecular weight is 302 g/mol. The van der Waals surface area contributed by atoms with E-state index in [-0.39, 0.29) is 19.1 Å². The summed E-state index contributed by atoms with van der Waals surface area (Å²) in [4.78, 5) is 11.2. The number of fused-ring (bicyclic) bond motifs is 1. The fraction of sp³-hybridized carbons (Fsp3) is 0.636. The zero-order valence-electron chi connectivity index (χ0n) is 11.7. The molecule has 0 radical (unpaired) electrons. The van der Waals surface area contributed by atoms with Crippen LogP contribution in [0.25, 0.3) is 0 Å². The van der Waals surface area contributed by atoms with Crippen LogP contribution in [0.15, 0.2) is 12.3 Å². The van der Waals surface area contributed by atoms with Crippen LogP contribution in [0, 0.1) is 0 Å². The summed E-state index contributed by atoms with van der Waals surface area (Å²) >= 11 is 0. The predicted octanol–water partition coefficient (Wildman–Crippen LogP) is -0.563. The molecule has 0 saturated heterocycles. The molecule has 1 aliphatic rings. The van der Waals surface area contributed by atoms with Gasteiger partial charge >= 0.3 is 5.97 Å². The molecule has 112 valence electrons. The van der Waals surface area contributed by atoms with E-state index < -0.39 is 16.2 Å². The van der Waals surface area contributed by atoms with Crippen LogP contribution in [-0.4, -0.2) is 59.5 Å². The highest BCUT2D eigenvalue weighted by molar-refractivity contribution is 7.86. The molecule has 2 heterocycles. The van der Waals surface area contributed by atoms with Crippen molar-refractivity contribution in [1.29, 1.82) is 0 Å². The molecule has 1 aromatic rings. The maximum Gasteiger partial charge on any atom is 0.321 e. The normalized spacial score (nSPS) is 19.9. The van der Waals surface area contributed by atoms with Gasteiger partial charge < -0.3 is 4.74 Å². The highest BCUT2D eigenvalue weighted by Crippen LogP contribution is 2.21. The molecule has 8 nitrogen and oxygen atoms in total. The van der Waals surface area contributed by atoms with Crippen LogP contribution in [0.4, 0.5) is 0 Å². The van der Waals surface area contributed by atoms with Gasteiger partial charge in [-0.3, -0.25) is 9.48 Å². The minimum atomic E-state index is -3.71. The number of hydrogen-bond acceptors (Lipinski definition) is 5. The van der Waals surface area contributed by atoms with Crippen molar-refractivity contribution in [2.24, 2.45) is 0 Å². The van der Waals surface area contributed by atoms with E-state index in [0.717, 1.165) is 10.00 Å². The van der Waals surface area contributed by atoms with Gasteiger partial charge in [0, 0.05) is 19.3 Å². The summed E-state index contributed by atoms with van der Waals surface area (Å²) in [5.74, 6) is -0.592. The summed E-state index contributed by atoms with van der Waals surface area (Å²) in [6, 6.07) is 1.56. The van der Waals surface area contributed by atoms with Crippen LogP contribution in [0.1, 0.15) is 12.6 Å². The summed E-state index contributed by atoms with van der Waals surface area (Å²) in [6.45, 7) is 2.25. The summed E-state index contributed by atoms with van der Waals surface area (Å²) in [6.07, 6.45) is 1.65. The molecule has 1 unspecified atom stereocenters. The van der Waals surface area contributed by atoms with Crippen molar-refractivity contribution in [2.45, 2.75) is 26.1 Å². The molecule has 1 aromatic heterocycles. The van der Waals surface area contributed by atoms with Crippen molar-refractivity contribution in [2.75, 3.05) is 20.7 Å². The van der Waals surface area contributed by atoms with Crippen LogP contribution in [0.5, 0.6) is 0 Å². The Kier molecular flexibility index (Phi) is 4.11.